The van der Waals surface area contributed by atoms with Crippen LogP contribution < -0.4 is 15.0 Å². The van der Waals surface area contributed by atoms with Gasteiger partial charge in [0.2, 0.25) is 0 Å². The molecule has 0 radical (unpaired) electrons. The van der Waals surface area contributed by atoms with Crippen molar-refractivity contribution >= 4 is 55.6 Å². The fourth-order valence-corrected chi connectivity index (χ4v) is 4.53. The van der Waals surface area contributed by atoms with Gasteiger partial charge in [0.25, 0.3) is 5.56 Å². The molecular formula is C25H20BrFIN3O3. The summed E-state index contributed by atoms with van der Waals surface area (Å²) in [6.45, 7) is 1.99. The SMILES string of the molecule is CCc1nc2ccc(Br)cc2c(=O)n1N=Cc1cc(I)c(OCc2ccccc2F)c(OC)c1. The van der Waals surface area contributed by atoms with Crippen LogP contribution in [0.3, 0.4) is 0 Å². The molecule has 1 heterocycles. The lowest BCUT2D eigenvalue weighted by molar-refractivity contribution is 0.277. The summed E-state index contributed by atoms with van der Waals surface area (Å²) in [6, 6.07) is 15.5. The van der Waals surface area contributed by atoms with E-state index in [-0.39, 0.29) is 18.0 Å². The number of aryl methyl sites for hydroxylation is 1. The van der Waals surface area contributed by atoms with Crippen molar-refractivity contribution < 1.29 is 13.9 Å². The van der Waals surface area contributed by atoms with Gasteiger partial charge in [-0.05, 0) is 64.6 Å². The number of halogens is 3. The lowest BCUT2D eigenvalue weighted by Gasteiger charge is -2.14. The van der Waals surface area contributed by atoms with E-state index >= 15 is 0 Å². The number of rotatable bonds is 7. The zero-order valence-electron chi connectivity index (χ0n) is 18.4. The number of nitrogens with zero attached hydrogens (tertiary/aromatic N) is 3. The average molecular weight is 636 g/mol. The molecule has 0 bridgehead atoms. The Hall–Kier alpha value is -2.79. The van der Waals surface area contributed by atoms with Crippen LogP contribution in [0.25, 0.3) is 10.9 Å². The highest BCUT2D eigenvalue weighted by molar-refractivity contribution is 14.1. The van der Waals surface area contributed by atoms with Gasteiger partial charge < -0.3 is 9.47 Å². The summed E-state index contributed by atoms with van der Waals surface area (Å²) in [5, 5.41) is 4.91. The Balaban J connectivity index is 1.67. The van der Waals surface area contributed by atoms with Crippen LogP contribution >= 0.6 is 38.5 Å². The van der Waals surface area contributed by atoms with Crippen LogP contribution in [0.2, 0.25) is 0 Å². The summed E-state index contributed by atoms with van der Waals surface area (Å²) in [4.78, 5) is 17.7. The molecule has 174 valence electrons. The summed E-state index contributed by atoms with van der Waals surface area (Å²) in [7, 11) is 1.53. The van der Waals surface area contributed by atoms with E-state index in [4.69, 9.17) is 9.47 Å². The van der Waals surface area contributed by atoms with Gasteiger partial charge in [-0.25, -0.2) is 9.37 Å². The van der Waals surface area contributed by atoms with Gasteiger partial charge in [0, 0.05) is 16.5 Å². The Kier molecular flexibility index (Phi) is 7.62. The Morgan fingerprint density at radius 1 is 1.21 bits per heavy atom. The van der Waals surface area contributed by atoms with E-state index < -0.39 is 0 Å². The first-order valence-corrected chi connectivity index (χ1v) is 12.3. The van der Waals surface area contributed by atoms with Crippen molar-refractivity contribution in [3.05, 3.63) is 95.8 Å². The lowest BCUT2D eigenvalue weighted by atomic mass is 10.2. The van der Waals surface area contributed by atoms with E-state index in [1.165, 1.54) is 17.9 Å². The van der Waals surface area contributed by atoms with E-state index in [0.29, 0.717) is 45.8 Å². The molecule has 34 heavy (non-hydrogen) atoms. The second kappa shape index (κ2) is 10.6. The van der Waals surface area contributed by atoms with Gasteiger partial charge in [0.1, 0.15) is 18.2 Å². The largest absolute Gasteiger partial charge is 0.493 e. The van der Waals surface area contributed by atoms with Gasteiger partial charge in [-0.1, -0.05) is 41.1 Å². The highest BCUT2D eigenvalue weighted by Gasteiger charge is 2.14. The zero-order chi connectivity index (χ0) is 24.2. The molecule has 0 saturated heterocycles. The molecule has 0 unspecified atom stereocenters. The molecule has 9 heteroatoms. The number of hydrogen-bond acceptors (Lipinski definition) is 5. The van der Waals surface area contributed by atoms with Gasteiger partial charge in [-0.15, -0.1) is 0 Å². The third kappa shape index (κ3) is 5.15. The molecule has 0 aliphatic heterocycles. The Labute approximate surface area is 217 Å². The van der Waals surface area contributed by atoms with Crippen molar-refractivity contribution in [2.45, 2.75) is 20.0 Å². The fraction of sp³-hybridized carbons (Fsp3) is 0.160. The lowest BCUT2D eigenvalue weighted by Crippen LogP contribution is -2.22. The first-order chi connectivity index (χ1) is 16.4. The van der Waals surface area contributed by atoms with Crippen LogP contribution in [0.5, 0.6) is 11.5 Å². The second-order valence-corrected chi connectivity index (χ2v) is 9.40. The fourth-order valence-electron chi connectivity index (χ4n) is 3.39. The van der Waals surface area contributed by atoms with Crippen LogP contribution in [0.1, 0.15) is 23.9 Å². The first kappa shape index (κ1) is 24.3. The quantitative estimate of drug-likeness (QED) is 0.186. The van der Waals surface area contributed by atoms with Crippen LogP contribution in [0.4, 0.5) is 4.39 Å². The van der Waals surface area contributed by atoms with E-state index in [0.717, 1.165) is 8.04 Å². The molecule has 6 nitrogen and oxygen atoms in total. The number of methoxy groups -OCH3 is 1. The van der Waals surface area contributed by atoms with E-state index in [1.54, 1.807) is 42.6 Å². The smallest absolute Gasteiger partial charge is 0.282 e. The second-order valence-electron chi connectivity index (χ2n) is 7.32. The highest BCUT2D eigenvalue weighted by atomic mass is 127. The summed E-state index contributed by atoms with van der Waals surface area (Å²) in [5.41, 5.74) is 1.55. The van der Waals surface area contributed by atoms with Crippen molar-refractivity contribution in [2.75, 3.05) is 7.11 Å². The molecule has 0 saturated carbocycles. The normalized spacial score (nSPS) is 11.3. The molecule has 0 atom stereocenters. The minimum atomic E-state index is -0.326. The molecule has 0 spiro atoms. The van der Waals surface area contributed by atoms with Gasteiger partial charge in [-0.3, -0.25) is 4.79 Å². The number of ether oxygens (including phenoxy) is 2. The standard InChI is InChI=1S/C25H20BrFIN3O3/c1-3-23-30-21-9-8-17(26)12-18(21)25(32)31(23)29-13-15-10-20(28)24(22(11-15)33-2)34-14-16-6-4-5-7-19(16)27/h4-13H,3,14H2,1-2H3. The average Bonchev–Trinajstić information content (AvgIpc) is 2.83. The van der Waals surface area contributed by atoms with Crippen molar-refractivity contribution in [3.8, 4) is 11.5 Å². The van der Waals surface area contributed by atoms with Gasteiger partial charge >= 0.3 is 0 Å². The number of hydrogen-bond donors (Lipinski definition) is 0. The predicted octanol–water partition coefficient (Wildman–Crippen LogP) is 5.93. The maximum absolute atomic E-state index is 13.9. The minimum Gasteiger partial charge on any atom is -0.493 e. The van der Waals surface area contributed by atoms with Crippen molar-refractivity contribution in [1.29, 1.82) is 0 Å². The summed E-state index contributed by atoms with van der Waals surface area (Å²) >= 11 is 5.53. The summed E-state index contributed by atoms with van der Waals surface area (Å²) in [6.07, 6.45) is 2.12. The molecule has 0 N–H and O–H groups in total. The number of benzene rings is 3. The van der Waals surface area contributed by atoms with Crippen LogP contribution in [-0.2, 0) is 13.0 Å². The monoisotopic (exact) mass is 635 g/mol. The maximum atomic E-state index is 13.9. The Morgan fingerprint density at radius 3 is 2.74 bits per heavy atom. The topological polar surface area (TPSA) is 65.7 Å². The van der Waals surface area contributed by atoms with Gasteiger partial charge in [-0.2, -0.15) is 9.78 Å². The predicted molar refractivity (Wildman–Crippen MR) is 143 cm³/mol. The Bertz CT molecular complexity index is 1460. The maximum Gasteiger partial charge on any atom is 0.282 e. The van der Waals surface area contributed by atoms with Crippen LogP contribution in [-0.4, -0.2) is 23.0 Å². The van der Waals surface area contributed by atoms with E-state index in [2.05, 4.69) is 48.6 Å². The molecule has 0 aliphatic carbocycles. The van der Waals surface area contributed by atoms with Crippen molar-refractivity contribution in [2.24, 2.45) is 5.10 Å². The van der Waals surface area contributed by atoms with Gasteiger partial charge in [0.05, 0.1) is 27.8 Å². The first-order valence-electron chi connectivity index (χ1n) is 10.4. The molecule has 0 aliphatic rings. The van der Waals surface area contributed by atoms with Crippen LogP contribution in [0.15, 0.2) is 69.0 Å². The highest BCUT2D eigenvalue weighted by Crippen LogP contribution is 2.34. The third-order valence-electron chi connectivity index (χ3n) is 5.10. The van der Waals surface area contributed by atoms with E-state index in [9.17, 15) is 9.18 Å². The Morgan fingerprint density at radius 2 is 2.00 bits per heavy atom. The number of fused-ring (bicyclic) bond motifs is 1. The van der Waals surface area contributed by atoms with Crippen LogP contribution in [0, 0.1) is 9.39 Å². The molecular weight excluding hydrogens is 616 g/mol. The number of aromatic nitrogens is 2. The molecule has 4 rings (SSSR count). The molecule has 1 aromatic heterocycles. The van der Waals surface area contributed by atoms with Gasteiger partial charge in [0.15, 0.2) is 11.5 Å². The minimum absolute atomic E-state index is 0.0695. The third-order valence-corrected chi connectivity index (χ3v) is 6.39. The zero-order valence-corrected chi connectivity index (χ0v) is 22.1. The molecule has 3 aromatic carbocycles. The molecule has 0 fully saturated rings. The summed E-state index contributed by atoms with van der Waals surface area (Å²) < 4.78 is 28.2. The summed E-state index contributed by atoms with van der Waals surface area (Å²) in [5.74, 6) is 1.22. The van der Waals surface area contributed by atoms with Crippen molar-refractivity contribution in [1.82, 2.24) is 9.66 Å². The molecule has 0 amide bonds. The molecule has 4 aromatic rings. The van der Waals surface area contributed by atoms with E-state index in [1.807, 2.05) is 19.1 Å². The van der Waals surface area contributed by atoms with Crippen molar-refractivity contribution in [3.63, 3.8) is 0 Å².